The zero-order chi connectivity index (χ0) is 14.0. The molecular formula is C13H16Cl2N2OS. The van der Waals surface area contributed by atoms with Gasteiger partial charge in [0.15, 0.2) is 0 Å². The van der Waals surface area contributed by atoms with Gasteiger partial charge in [-0.25, -0.2) is 4.98 Å². The second-order valence-electron chi connectivity index (χ2n) is 4.55. The van der Waals surface area contributed by atoms with E-state index in [0.29, 0.717) is 16.7 Å². The van der Waals surface area contributed by atoms with Crippen molar-refractivity contribution in [2.75, 3.05) is 12.0 Å². The number of rotatable bonds is 5. The number of benzene rings is 1. The Balaban J connectivity index is 2.45. The SMILES string of the molecule is CC(CCS(C)=O)n1c(CCl)nc2c(Cl)cccc21. The molecule has 0 fully saturated rings. The maximum Gasteiger partial charge on any atom is 0.125 e. The van der Waals surface area contributed by atoms with Gasteiger partial charge in [0.2, 0.25) is 0 Å². The third-order valence-corrected chi connectivity index (χ3v) is 4.48. The van der Waals surface area contributed by atoms with Crippen molar-refractivity contribution in [1.82, 2.24) is 9.55 Å². The van der Waals surface area contributed by atoms with Crippen LogP contribution < -0.4 is 0 Å². The molecule has 0 amide bonds. The average Bonchev–Trinajstić information content (AvgIpc) is 2.76. The van der Waals surface area contributed by atoms with Gasteiger partial charge in [0.05, 0.1) is 16.4 Å². The Morgan fingerprint density at radius 2 is 2.21 bits per heavy atom. The summed E-state index contributed by atoms with van der Waals surface area (Å²) in [5, 5.41) is 0.633. The first kappa shape index (κ1) is 14.8. The van der Waals surface area contributed by atoms with Crippen molar-refractivity contribution in [3.63, 3.8) is 0 Å². The number of fused-ring (bicyclic) bond motifs is 1. The fourth-order valence-electron chi connectivity index (χ4n) is 2.18. The predicted molar refractivity (Wildman–Crippen MR) is 82.6 cm³/mol. The molecule has 0 spiro atoms. The highest BCUT2D eigenvalue weighted by Gasteiger charge is 2.16. The van der Waals surface area contributed by atoms with Gasteiger partial charge in [-0.15, -0.1) is 11.6 Å². The van der Waals surface area contributed by atoms with Crippen molar-refractivity contribution in [2.24, 2.45) is 0 Å². The number of hydrogen-bond acceptors (Lipinski definition) is 2. The van der Waals surface area contributed by atoms with E-state index in [-0.39, 0.29) is 6.04 Å². The van der Waals surface area contributed by atoms with E-state index in [9.17, 15) is 4.21 Å². The minimum atomic E-state index is -0.787. The van der Waals surface area contributed by atoms with E-state index < -0.39 is 10.8 Å². The molecule has 2 unspecified atom stereocenters. The van der Waals surface area contributed by atoms with E-state index in [1.807, 2.05) is 18.2 Å². The van der Waals surface area contributed by atoms with Crippen LogP contribution in [0.4, 0.5) is 0 Å². The molecule has 0 saturated heterocycles. The van der Waals surface area contributed by atoms with Gasteiger partial charge in [0.25, 0.3) is 0 Å². The van der Waals surface area contributed by atoms with Crippen LogP contribution in [0, 0.1) is 0 Å². The molecule has 0 aliphatic heterocycles. The van der Waals surface area contributed by atoms with Crippen molar-refractivity contribution >= 4 is 45.0 Å². The van der Waals surface area contributed by atoms with E-state index in [4.69, 9.17) is 23.2 Å². The summed E-state index contributed by atoms with van der Waals surface area (Å²) in [6.45, 7) is 2.09. The van der Waals surface area contributed by atoms with Crippen LogP contribution in [0.3, 0.4) is 0 Å². The second kappa shape index (κ2) is 6.25. The van der Waals surface area contributed by atoms with Crippen LogP contribution in [0.1, 0.15) is 25.2 Å². The highest BCUT2D eigenvalue weighted by molar-refractivity contribution is 7.84. The fraction of sp³-hybridized carbons (Fsp3) is 0.462. The minimum absolute atomic E-state index is 0.195. The molecule has 1 aromatic carbocycles. The highest BCUT2D eigenvalue weighted by atomic mass is 35.5. The van der Waals surface area contributed by atoms with E-state index >= 15 is 0 Å². The lowest BCUT2D eigenvalue weighted by molar-refractivity contribution is 0.531. The molecular weight excluding hydrogens is 303 g/mol. The second-order valence-corrected chi connectivity index (χ2v) is 6.78. The zero-order valence-electron chi connectivity index (χ0n) is 10.9. The van der Waals surface area contributed by atoms with Crippen LogP contribution in [0.15, 0.2) is 18.2 Å². The molecule has 3 nitrogen and oxygen atoms in total. The normalized spacial score (nSPS) is 14.7. The summed E-state index contributed by atoms with van der Waals surface area (Å²) < 4.78 is 13.3. The molecule has 19 heavy (non-hydrogen) atoms. The lowest BCUT2D eigenvalue weighted by Gasteiger charge is -2.16. The molecule has 0 aliphatic carbocycles. The van der Waals surface area contributed by atoms with Gasteiger partial charge in [-0.05, 0) is 25.5 Å². The molecule has 6 heteroatoms. The number of para-hydroxylation sites is 1. The van der Waals surface area contributed by atoms with Gasteiger partial charge in [-0.3, -0.25) is 4.21 Å². The van der Waals surface area contributed by atoms with Gasteiger partial charge in [-0.1, -0.05) is 17.7 Å². The van der Waals surface area contributed by atoms with Gasteiger partial charge >= 0.3 is 0 Å². The Kier molecular flexibility index (Phi) is 4.87. The third kappa shape index (κ3) is 3.12. The van der Waals surface area contributed by atoms with Crippen molar-refractivity contribution < 1.29 is 4.21 Å². The average molecular weight is 319 g/mol. The molecule has 2 aromatic rings. The summed E-state index contributed by atoms with van der Waals surface area (Å²) in [5.74, 6) is 1.81. The Morgan fingerprint density at radius 3 is 2.84 bits per heavy atom. The lowest BCUT2D eigenvalue weighted by atomic mass is 10.2. The summed E-state index contributed by atoms with van der Waals surface area (Å²) in [6.07, 6.45) is 2.54. The van der Waals surface area contributed by atoms with Crippen LogP contribution in [-0.4, -0.2) is 25.8 Å². The fourth-order valence-corrected chi connectivity index (χ4v) is 3.26. The van der Waals surface area contributed by atoms with E-state index in [2.05, 4.69) is 16.5 Å². The van der Waals surface area contributed by atoms with Crippen LogP contribution in [-0.2, 0) is 16.7 Å². The van der Waals surface area contributed by atoms with Crippen molar-refractivity contribution in [1.29, 1.82) is 0 Å². The van der Waals surface area contributed by atoms with Crippen molar-refractivity contribution in [3.8, 4) is 0 Å². The van der Waals surface area contributed by atoms with Crippen LogP contribution >= 0.6 is 23.2 Å². The summed E-state index contributed by atoms with van der Waals surface area (Å²) in [4.78, 5) is 4.50. The smallest absolute Gasteiger partial charge is 0.125 e. The molecule has 1 aromatic heterocycles. The van der Waals surface area contributed by atoms with Crippen LogP contribution in [0.5, 0.6) is 0 Å². The summed E-state index contributed by atoms with van der Waals surface area (Å²) in [5.41, 5.74) is 1.77. The van der Waals surface area contributed by atoms with Crippen LogP contribution in [0.2, 0.25) is 5.02 Å². The van der Waals surface area contributed by atoms with Gasteiger partial charge in [0.1, 0.15) is 11.3 Å². The Bertz CT molecular complexity index is 612. The van der Waals surface area contributed by atoms with E-state index in [1.54, 1.807) is 6.26 Å². The Hall–Kier alpha value is -0.580. The van der Waals surface area contributed by atoms with Crippen molar-refractivity contribution in [3.05, 3.63) is 29.0 Å². The van der Waals surface area contributed by atoms with Gasteiger partial charge < -0.3 is 4.57 Å². The maximum atomic E-state index is 11.2. The number of nitrogens with zero attached hydrogens (tertiary/aromatic N) is 2. The minimum Gasteiger partial charge on any atom is -0.324 e. The number of aromatic nitrogens is 2. The van der Waals surface area contributed by atoms with Crippen LogP contribution in [0.25, 0.3) is 11.0 Å². The maximum absolute atomic E-state index is 11.2. The predicted octanol–water partition coefficient (Wildman–Crippen LogP) is 3.76. The Labute approximate surface area is 125 Å². The summed E-state index contributed by atoms with van der Waals surface area (Å²) >= 11 is 12.1. The number of imidazole rings is 1. The molecule has 0 aliphatic rings. The highest BCUT2D eigenvalue weighted by Crippen LogP contribution is 2.28. The van der Waals surface area contributed by atoms with E-state index in [1.165, 1.54) is 0 Å². The first-order chi connectivity index (χ1) is 9.04. The quantitative estimate of drug-likeness (QED) is 0.787. The first-order valence-electron chi connectivity index (χ1n) is 6.06. The largest absolute Gasteiger partial charge is 0.324 e. The Morgan fingerprint density at radius 1 is 1.47 bits per heavy atom. The zero-order valence-corrected chi connectivity index (χ0v) is 13.2. The molecule has 0 radical (unpaired) electrons. The molecule has 2 atom stereocenters. The van der Waals surface area contributed by atoms with Crippen molar-refractivity contribution in [2.45, 2.75) is 25.3 Å². The molecule has 0 bridgehead atoms. The first-order valence-corrected chi connectivity index (χ1v) is 8.70. The molecule has 0 saturated carbocycles. The standard InChI is InChI=1S/C13H16Cl2N2OS/c1-9(6-7-19(2)18)17-11-5-3-4-10(15)13(11)16-12(17)8-14/h3-5,9H,6-8H2,1-2H3. The monoisotopic (exact) mass is 318 g/mol. The van der Waals surface area contributed by atoms with Gasteiger partial charge in [-0.2, -0.15) is 0 Å². The number of halogens is 2. The molecule has 1 heterocycles. The lowest BCUT2D eigenvalue weighted by Crippen LogP contribution is -2.11. The molecule has 104 valence electrons. The van der Waals surface area contributed by atoms with Gasteiger partial charge in [0, 0.05) is 28.9 Å². The topological polar surface area (TPSA) is 34.9 Å². The molecule has 0 N–H and O–H groups in total. The number of hydrogen-bond donors (Lipinski definition) is 0. The summed E-state index contributed by atoms with van der Waals surface area (Å²) in [6, 6.07) is 5.92. The number of alkyl halides is 1. The van der Waals surface area contributed by atoms with E-state index in [0.717, 1.165) is 23.3 Å². The molecule has 2 rings (SSSR count). The third-order valence-electron chi connectivity index (χ3n) is 3.13. The summed E-state index contributed by atoms with van der Waals surface area (Å²) in [7, 11) is -0.787.